The summed E-state index contributed by atoms with van der Waals surface area (Å²) in [6.45, 7) is 1.24. The number of amides is 1. The van der Waals surface area contributed by atoms with Gasteiger partial charge in [0, 0.05) is 6.54 Å². The van der Waals surface area contributed by atoms with E-state index < -0.39 is 6.04 Å². The van der Waals surface area contributed by atoms with Crippen LogP contribution in [0.1, 0.15) is 18.4 Å². The molecule has 3 atom stereocenters. The highest BCUT2D eigenvalue weighted by atomic mass is 16.5. The summed E-state index contributed by atoms with van der Waals surface area (Å²) in [5, 5.41) is 0. The molecule has 3 rings (SSSR count). The van der Waals surface area contributed by atoms with Gasteiger partial charge in [0.1, 0.15) is 0 Å². The molecule has 2 heterocycles. The quantitative estimate of drug-likeness (QED) is 0.848. The predicted molar refractivity (Wildman–Crippen MR) is 76.9 cm³/mol. The Kier molecular flexibility index (Phi) is 3.85. The van der Waals surface area contributed by atoms with Gasteiger partial charge in [-0.05, 0) is 18.4 Å². The third kappa shape index (κ3) is 2.76. The highest BCUT2D eigenvalue weighted by Gasteiger charge is 2.37. The summed E-state index contributed by atoms with van der Waals surface area (Å²) in [5.41, 5.74) is 7.02. The molecule has 1 saturated heterocycles. The number of nitrogens with two attached hydrogens (primary N) is 1. The monoisotopic (exact) mass is 272 g/mol. The van der Waals surface area contributed by atoms with Crippen molar-refractivity contribution in [2.75, 3.05) is 6.54 Å². The fourth-order valence-electron chi connectivity index (χ4n) is 2.87. The Hall–Kier alpha value is -1.65. The molecule has 106 valence electrons. The minimum absolute atomic E-state index is 0.0470. The van der Waals surface area contributed by atoms with Gasteiger partial charge in [0.2, 0.25) is 5.91 Å². The van der Waals surface area contributed by atoms with E-state index in [0.717, 1.165) is 12.0 Å². The van der Waals surface area contributed by atoms with Crippen molar-refractivity contribution in [3.63, 3.8) is 0 Å². The summed E-state index contributed by atoms with van der Waals surface area (Å²) in [7, 11) is 0. The zero-order chi connectivity index (χ0) is 13.9. The van der Waals surface area contributed by atoms with Crippen molar-refractivity contribution in [3.8, 4) is 0 Å². The maximum absolute atomic E-state index is 12.2. The van der Waals surface area contributed by atoms with E-state index in [0.29, 0.717) is 19.6 Å². The highest BCUT2D eigenvalue weighted by Crippen LogP contribution is 2.25. The molecule has 2 aliphatic heterocycles. The van der Waals surface area contributed by atoms with Gasteiger partial charge in [-0.25, -0.2) is 0 Å². The molecule has 20 heavy (non-hydrogen) atoms. The molecule has 0 unspecified atom stereocenters. The van der Waals surface area contributed by atoms with Crippen LogP contribution >= 0.6 is 0 Å². The highest BCUT2D eigenvalue weighted by molar-refractivity contribution is 5.83. The van der Waals surface area contributed by atoms with Crippen LogP contribution in [0.25, 0.3) is 0 Å². The summed E-state index contributed by atoms with van der Waals surface area (Å²) in [4.78, 5) is 14.0. The largest absolute Gasteiger partial charge is 0.372 e. The normalized spacial score (nSPS) is 29.4. The minimum Gasteiger partial charge on any atom is -0.372 e. The molecule has 0 spiro atoms. The van der Waals surface area contributed by atoms with Crippen molar-refractivity contribution in [2.24, 2.45) is 5.73 Å². The zero-order valence-electron chi connectivity index (χ0n) is 11.4. The summed E-state index contributed by atoms with van der Waals surface area (Å²) in [5.74, 6) is 0.0470. The second-order valence-electron chi connectivity index (χ2n) is 5.48. The van der Waals surface area contributed by atoms with Gasteiger partial charge in [0.25, 0.3) is 0 Å². The molecule has 1 fully saturated rings. The number of benzene rings is 1. The second kappa shape index (κ2) is 5.77. The first kappa shape index (κ1) is 13.3. The van der Waals surface area contributed by atoms with Crippen LogP contribution in [0.3, 0.4) is 0 Å². The van der Waals surface area contributed by atoms with Gasteiger partial charge in [-0.15, -0.1) is 0 Å². The van der Waals surface area contributed by atoms with Crippen LogP contribution in [0, 0.1) is 0 Å². The lowest BCUT2D eigenvalue weighted by Crippen LogP contribution is -2.44. The van der Waals surface area contributed by atoms with Crippen LogP contribution in [-0.4, -0.2) is 35.5 Å². The van der Waals surface area contributed by atoms with Crippen molar-refractivity contribution < 1.29 is 9.53 Å². The number of carbonyl (C=O) groups is 1. The van der Waals surface area contributed by atoms with Crippen LogP contribution in [0.5, 0.6) is 0 Å². The lowest BCUT2D eigenvalue weighted by Gasteiger charge is -2.22. The zero-order valence-corrected chi connectivity index (χ0v) is 11.4. The fraction of sp³-hybridized carbons (Fsp3) is 0.438. The third-order valence-corrected chi connectivity index (χ3v) is 3.98. The fourth-order valence-corrected chi connectivity index (χ4v) is 2.87. The van der Waals surface area contributed by atoms with Gasteiger partial charge < -0.3 is 15.4 Å². The molecule has 0 radical (unpaired) electrons. The van der Waals surface area contributed by atoms with E-state index in [1.54, 1.807) is 0 Å². The Morgan fingerprint density at radius 3 is 2.90 bits per heavy atom. The van der Waals surface area contributed by atoms with Gasteiger partial charge in [0.05, 0.1) is 24.8 Å². The van der Waals surface area contributed by atoms with E-state index in [9.17, 15) is 4.79 Å². The van der Waals surface area contributed by atoms with Crippen molar-refractivity contribution in [1.82, 2.24) is 4.90 Å². The molecule has 1 aromatic carbocycles. The van der Waals surface area contributed by atoms with Crippen LogP contribution in [0.2, 0.25) is 0 Å². The Balaban J connectivity index is 1.60. The molecule has 4 nitrogen and oxygen atoms in total. The van der Waals surface area contributed by atoms with Gasteiger partial charge in [-0.2, -0.15) is 0 Å². The Bertz CT molecular complexity index is 500. The molecule has 1 amide bonds. The van der Waals surface area contributed by atoms with Crippen molar-refractivity contribution >= 4 is 5.91 Å². The molecule has 2 aliphatic rings. The summed E-state index contributed by atoms with van der Waals surface area (Å²) < 4.78 is 5.94. The average molecular weight is 272 g/mol. The molecule has 0 aliphatic carbocycles. The molecule has 0 saturated carbocycles. The number of carbonyl (C=O) groups excluding carboxylic acids is 1. The average Bonchev–Trinajstić information content (AvgIpc) is 2.83. The third-order valence-electron chi connectivity index (χ3n) is 3.98. The first-order valence-corrected chi connectivity index (χ1v) is 7.12. The SMILES string of the molecule is N[C@H]1CC=C[C@@H]2C[C@@H](OCc3ccccc3)CN2C1=O. The van der Waals surface area contributed by atoms with Crippen LogP contribution < -0.4 is 5.73 Å². The smallest absolute Gasteiger partial charge is 0.240 e. The number of hydrogen-bond donors (Lipinski definition) is 1. The van der Waals surface area contributed by atoms with E-state index in [2.05, 4.69) is 6.08 Å². The molecule has 0 aromatic heterocycles. The van der Waals surface area contributed by atoms with E-state index in [1.807, 2.05) is 41.3 Å². The lowest BCUT2D eigenvalue weighted by molar-refractivity contribution is -0.132. The first-order chi connectivity index (χ1) is 9.74. The molecule has 4 heteroatoms. The Labute approximate surface area is 119 Å². The predicted octanol–water partition coefficient (Wildman–Crippen LogP) is 1.46. The molecule has 2 N–H and O–H groups in total. The number of rotatable bonds is 3. The van der Waals surface area contributed by atoms with E-state index >= 15 is 0 Å². The van der Waals surface area contributed by atoms with Gasteiger partial charge >= 0.3 is 0 Å². The summed E-state index contributed by atoms with van der Waals surface area (Å²) in [6, 6.07) is 9.86. The summed E-state index contributed by atoms with van der Waals surface area (Å²) >= 11 is 0. The van der Waals surface area contributed by atoms with Gasteiger partial charge in [0.15, 0.2) is 0 Å². The molecular formula is C16H20N2O2. The first-order valence-electron chi connectivity index (χ1n) is 7.12. The van der Waals surface area contributed by atoms with Gasteiger partial charge in [-0.1, -0.05) is 42.5 Å². The van der Waals surface area contributed by atoms with Crippen LogP contribution in [0.4, 0.5) is 0 Å². The number of ether oxygens (including phenoxy) is 1. The molecular weight excluding hydrogens is 252 g/mol. The Morgan fingerprint density at radius 1 is 1.30 bits per heavy atom. The summed E-state index contributed by atoms with van der Waals surface area (Å²) in [6.07, 6.45) is 5.71. The van der Waals surface area contributed by atoms with Crippen molar-refractivity contribution in [1.29, 1.82) is 0 Å². The van der Waals surface area contributed by atoms with E-state index in [-0.39, 0.29) is 18.1 Å². The second-order valence-corrected chi connectivity index (χ2v) is 5.48. The van der Waals surface area contributed by atoms with Crippen molar-refractivity contribution in [2.45, 2.75) is 37.6 Å². The molecule has 1 aromatic rings. The lowest BCUT2D eigenvalue weighted by atomic mass is 10.1. The van der Waals surface area contributed by atoms with Gasteiger partial charge in [-0.3, -0.25) is 4.79 Å². The number of fused-ring (bicyclic) bond motifs is 1. The minimum atomic E-state index is -0.399. The maximum Gasteiger partial charge on any atom is 0.240 e. The Morgan fingerprint density at radius 2 is 2.10 bits per heavy atom. The van der Waals surface area contributed by atoms with E-state index in [1.165, 1.54) is 0 Å². The topological polar surface area (TPSA) is 55.6 Å². The number of nitrogens with zero attached hydrogens (tertiary/aromatic N) is 1. The number of hydrogen-bond acceptors (Lipinski definition) is 3. The van der Waals surface area contributed by atoms with Crippen LogP contribution in [-0.2, 0) is 16.1 Å². The van der Waals surface area contributed by atoms with Crippen molar-refractivity contribution in [3.05, 3.63) is 48.0 Å². The standard InChI is InChI=1S/C16H20N2O2/c17-15-8-4-7-13-9-14(10-18(13)16(15)19)20-11-12-5-2-1-3-6-12/h1-7,13-15H,8-11,17H2/t13-,14-,15+/m1/s1. The maximum atomic E-state index is 12.2. The molecule has 0 bridgehead atoms. The van der Waals surface area contributed by atoms with Crippen LogP contribution in [0.15, 0.2) is 42.5 Å². The van der Waals surface area contributed by atoms with E-state index in [4.69, 9.17) is 10.5 Å².